The first-order chi connectivity index (χ1) is 4.10. The number of hydrogen-bond acceptors (Lipinski definition) is 3. The Balaban J connectivity index is 2.51. The van der Waals surface area contributed by atoms with E-state index in [-0.39, 0.29) is 13.0 Å². The Morgan fingerprint density at radius 2 is 2.33 bits per heavy atom. The fraction of sp³-hybridized carbons (Fsp3) is 1.00. The van der Waals surface area contributed by atoms with E-state index < -0.39 is 14.3 Å². The van der Waals surface area contributed by atoms with E-state index in [0.29, 0.717) is 0 Å². The van der Waals surface area contributed by atoms with E-state index in [0.717, 1.165) is 0 Å². The fourth-order valence-electron chi connectivity index (χ4n) is 0.474. The molecule has 9 heavy (non-hydrogen) atoms. The zero-order valence-corrected chi connectivity index (χ0v) is 5.31. The van der Waals surface area contributed by atoms with E-state index in [9.17, 15) is 13.2 Å². The Kier molecular flexibility index (Phi) is 1.84. The molecule has 0 saturated carbocycles. The van der Waals surface area contributed by atoms with Gasteiger partial charge in [-0.3, -0.25) is 4.52 Å². The number of rotatable bonds is 0. The molecule has 1 aliphatic rings. The van der Waals surface area contributed by atoms with Gasteiger partial charge in [-0.15, -0.1) is 4.20 Å². The lowest BCUT2D eigenvalue weighted by atomic mass is 10.5. The summed E-state index contributed by atoms with van der Waals surface area (Å²) in [6, 6.07) is 0. The molecule has 1 saturated heterocycles. The molecule has 0 bridgehead atoms. The van der Waals surface area contributed by atoms with Crippen LogP contribution >= 0.6 is 7.91 Å². The molecule has 0 radical (unpaired) electrons. The smallest absolute Gasteiger partial charge is 0.283 e. The molecular weight excluding hydrogens is 153 g/mol. The standard InChI is InChI=1S/C3H5F2O3P/c4-3-1-2-7-9(5,6)8-3/h3H,1-2H2. The third kappa shape index (κ3) is 2.01. The quantitative estimate of drug-likeness (QED) is 0.504. The Labute approximate surface area is 50.6 Å². The molecule has 0 N–H and O–H groups in total. The van der Waals surface area contributed by atoms with Crippen LogP contribution in [0.2, 0.25) is 0 Å². The summed E-state index contributed by atoms with van der Waals surface area (Å²) in [5, 5.41) is 0. The molecule has 0 aromatic carbocycles. The predicted molar refractivity (Wildman–Crippen MR) is 25.3 cm³/mol. The third-order valence-electron chi connectivity index (χ3n) is 0.831. The minimum Gasteiger partial charge on any atom is -0.283 e. The Morgan fingerprint density at radius 1 is 1.67 bits per heavy atom. The highest BCUT2D eigenvalue weighted by molar-refractivity contribution is 7.48. The van der Waals surface area contributed by atoms with Crippen LogP contribution < -0.4 is 0 Å². The van der Waals surface area contributed by atoms with E-state index in [1.807, 2.05) is 0 Å². The van der Waals surface area contributed by atoms with Crippen LogP contribution in [-0.4, -0.2) is 13.0 Å². The second-order valence-electron chi connectivity index (χ2n) is 1.57. The van der Waals surface area contributed by atoms with Crippen molar-refractivity contribution < 1.29 is 22.2 Å². The van der Waals surface area contributed by atoms with Gasteiger partial charge in [0.15, 0.2) is 0 Å². The minimum absolute atomic E-state index is 0.0616. The van der Waals surface area contributed by atoms with Crippen LogP contribution in [0.4, 0.5) is 8.59 Å². The number of alkyl halides is 1. The van der Waals surface area contributed by atoms with Gasteiger partial charge in [-0.2, -0.15) is 0 Å². The summed E-state index contributed by atoms with van der Waals surface area (Å²) in [6.07, 6.45) is -1.84. The molecule has 2 unspecified atom stereocenters. The molecule has 3 nitrogen and oxygen atoms in total. The van der Waals surface area contributed by atoms with Gasteiger partial charge >= 0.3 is 7.91 Å². The highest BCUT2D eigenvalue weighted by atomic mass is 31.2. The van der Waals surface area contributed by atoms with Crippen LogP contribution in [0.3, 0.4) is 0 Å². The van der Waals surface area contributed by atoms with Crippen molar-refractivity contribution in [2.24, 2.45) is 0 Å². The molecule has 1 rings (SSSR count). The average molecular weight is 158 g/mol. The predicted octanol–water partition coefficient (Wildman–Crippen LogP) is 1.80. The molecule has 0 aliphatic carbocycles. The van der Waals surface area contributed by atoms with Gasteiger partial charge in [-0.25, -0.2) is 13.5 Å². The third-order valence-corrected chi connectivity index (χ3v) is 1.80. The normalized spacial score (nSPS) is 44.9. The van der Waals surface area contributed by atoms with Crippen LogP contribution in [0.15, 0.2) is 0 Å². The van der Waals surface area contributed by atoms with Crippen molar-refractivity contribution in [3.05, 3.63) is 0 Å². The molecule has 0 amide bonds. The molecule has 54 valence electrons. The van der Waals surface area contributed by atoms with Gasteiger partial charge in [0, 0.05) is 6.42 Å². The van der Waals surface area contributed by atoms with E-state index >= 15 is 0 Å². The van der Waals surface area contributed by atoms with Gasteiger partial charge < -0.3 is 0 Å². The summed E-state index contributed by atoms with van der Waals surface area (Å²) in [6.45, 7) is -0.186. The second kappa shape index (κ2) is 2.33. The summed E-state index contributed by atoms with van der Waals surface area (Å²) in [4.78, 5) is 0. The molecule has 0 aromatic rings. The van der Waals surface area contributed by atoms with E-state index in [4.69, 9.17) is 0 Å². The Morgan fingerprint density at radius 3 is 2.67 bits per heavy atom. The first-order valence-corrected chi connectivity index (χ1v) is 3.80. The molecule has 2 atom stereocenters. The lowest BCUT2D eigenvalue weighted by Crippen LogP contribution is -2.13. The van der Waals surface area contributed by atoms with Gasteiger partial charge in [-0.05, 0) is 0 Å². The van der Waals surface area contributed by atoms with Crippen LogP contribution in [0.5, 0.6) is 0 Å². The number of hydrogen-bond donors (Lipinski definition) is 0. The Bertz CT molecular complexity index is 150. The molecule has 1 aliphatic heterocycles. The largest absolute Gasteiger partial charge is 0.515 e. The summed E-state index contributed by atoms with van der Waals surface area (Å²) >= 11 is 0. The maximum atomic E-state index is 12.0. The molecular formula is C3H5F2O3P. The highest BCUT2D eigenvalue weighted by Crippen LogP contribution is 2.53. The van der Waals surface area contributed by atoms with Gasteiger partial charge in [0.25, 0.3) is 0 Å². The van der Waals surface area contributed by atoms with Crippen molar-refractivity contribution in [1.29, 1.82) is 0 Å². The highest BCUT2D eigenvalue weighted by Gasteiger charge is 2.33. The van der Waals surface area contributed by atoms with Crippen molar-refractivity contribution >= 4 is 7.91 Å². The summed E-state index contributed by atoms with van der Waals surface area (Å²) in [5.41, 5.74) is 0. The second-order valence-corrected chi connectivity index (χ2v) is 2.90. The minimum atomic E-state index is -4.52. The lowest BCUT2D eigenvalue weighted by Gasteiger charge is -2.17. The van der Waals surface area contributed by atoms with Gasteiger partial charge in [0.05, 0.1) is 6.61 Å². The van der Waals surface area contributed by atoms with Crippen LogP contribution in [-0.2, 0) is 13.6 Å². The van der Waals surface area contributed by atoms with Crippen LogP contribution in [0, 0.1) is 0 Å². The van der Waals surface area contributed by atoms with Crippen LogP contribution in [0.25, 0.3) is 0 Å². The van der Waals surface area contributed by atoms with E-state index in [1.54, 1.807) is 0 Å². The first kappa shape index (κ1) is 7.12. The molecule has 0 spiro atoms. The van der Waals surface area contributed by atoms with Crippen molar-refractivity contribution in [2.45, 2.75) is 12.8 Å². The lowest BCUT2D eigenvalue weighted by molar-refractivity contribution is -0.0154. The fourth-order valence-corrected chi connectivity index (χ4v) is 1.24. The van der Waals surface area contributed by atoms with Gasteiger partial charge in [0.2, 0.25) is 6.36 Å². The molecule has 1 heterocycles. The van der Waals surface area contributed by atoms with Gasteiger partial charge in [0.1, 0.15) is 0 Å². The maximum Gasteiger partial charge on any atom is 0.515 e. The Hall–Kier alpha value is 0.01000. The average Bonchev–Trinajstić information content (AvgIpc) is 1.60. The topological polar surface area (TPSA) is 35.5 Å². The molecule has 6 heteroatoms. The summed E-state index contributed by atoms with van der Waals surface area (Å²) < 4.78 is 41.7. The summed E-state index contributed by atoms with van der Waals surface area (Å²) in [5.74, 6) is 0. The van der Waals surface area contributed by atoms with E-state index in [2.05, 4.69) is 9.05 Å². The number of halogens is 2. The zero-order valence-electron chi connectivity index (χ0n) is 4.42. The zero-order chi connectivity index (χ0) is 6.91. The van der Waals surface area contributed by atoms with Crippen LogP contribution in [0.1, 0.15) is 6.42 Å². The van der Waals surface area contributed by atoms with Crippen molar-refractivity contribution in [3.63, 3.8) is 0 Å². The van der Waals surface area contributed by atoms with E-state index in [1.165, 1.54) is 0 Å². The molecule has 1 fully saturated rings. The first-order valence-electron chi connectivity index (χ1n) is 2.37. The maximum absolute atomic E-state index is 12.0. The SMILES string of the molecule is O=P1(F)OCCC(F)O1. The van der Waals surface area contributed by atoms with Gasteiger partial charge in [-0.1, -0.05) is 0 Å². The molecule has 0 aromatic heterocycles. The van der Waals surface area contributed by atoms with Crippen molar-refractivity contribution in [1.82, 2.24) is 0 Å². The summed E-state index contributed by atoms with van der Waals surface area (Å²) in [7, 11) is -4.52. The monoisotopic (exact) mass is 158 g/mol. The van der Waals surface area contributed by atoms with Crippen molar-refractivity contribution in [2.75, 3.05) is 6.61 Å². The van der Waals surface area contributed by atoms with Crippen molar-refractivity contribution in [3.8, 4) is 0 Å².